The van der Waals surface area contributed by atoms with Crippen LogP contribution in [0.4, 0.5) is 0 Å². The summed E-state index contributed by atoms with van der Waals surface area (Å²) in [6.07, 6.45) is 5.68. The number of rotatable bonds is 2. The molecule has 1 amide bonds. The summed E-state index contributed by atoms with van der Waals surface area (Å²) < 4.78 is 0. The highest BCUT2D eigenvalue weighted by molar-refractivity contribution is 5.79. The monoisotopic (exact) mass is 167 g/mol. The molecule has 2 atom stereocenters. The van der Waals surface area contributed by atoms with Crippen molar-refractivity contribution in [2.24, 2.45) is 17.0 Å². The van der Waals surface area contributed by atoms with Crippen molar-refractivity contribution in [3.63, 3.8) is 0 Å². The van der Waals surface area contributed by atoms with E-state index < -0.39 is 5.91 Å². The van der Waals surface area contributed by atoms with Crippen molar-refractivity contribution in [2.45, 2.75) is 25.7 Å². The zero-order valence-corrected chi connectivity index (χ0v) is 7.03. The molecule has 1 aliphatic rings. The van der Waals surface area contributed by atoms with Crippen molar-refractivity contribution < 1.29 is 4.79 Å². The molecule has 0 N–H and O–H groups in total. The van der Waals surface area contributed by atoms with Crippen molar-refractivity contribution in [3.8, 4) is 0 Å². The third-order valence-electron chi connectivity index (χ3n) is 2.53. The molecule has 1 rings (SSSR count). The quantitative estimate of drug-likeness (QED) is 0.468. The van der Waals surface area contributed by atoms with Crippen molar-refractivity contribution in [3.05, 3.63) is 17.6 Å². The summed E-state index contributed by atoms with van der Waals surface area (Å²) in [4.78, 5) is 21.0. The van der Waals surface area contributed by atoms with E-state index in [0.29, 0.717) is 0 Å². The van der Waals surface area contributed by atoms with Gasteiger partial charge in [0.15, 0.2) is 0 Å². The normalized spacial score (nSPS) is 29.3. The largest absolute Gasteiger partial charge is 0.289 e. The van der Waals surface area contributed by atoms with Crippen LogP contribution in [-0.4, -0.2) is 5.91 Å². The van der Waals surface area contributed by atoms with Crippen LogP contribution in [0.5, 0.6) is 0 Å². The van der Waals surface area contributed by atoms with Crippen LogP contribution in [0.15, 0.2) is 17.8 Å². The van der Waals surface area contributed by atoms with Gasteiger partial charge in [-0.1, -0.05) is 18.9 Å². The average Bonchev–Trinajstić information content (AvgIpc) is 2.16. The van der Waals surface area contributed by atoms with E-state index in [4.69, 9.17) is 0 Å². The van der Waals surface area contributed by atoms with Crippen LogP contribution in [0, 0.1) is 16.7 Å². The molecule has 0 bridgehead atoms. The first-order valence-electron chi connectivity index (χ1n) is 4.29. The molecule has 1 fully saturated rings. The lowest BCUT2D eigenvalue weighted by molar-refractivity contribution is -0.123. The fourth-order valence-electron chi connectivity index (χ4n) is 1.82. The topological polar surface area (TPSA) is 46.5 Å². The van der Waals surface area contributed by atoms with Crippen molar-refractivity contribution in [1.29, 1.82) is 0 Å². The molecule has 3 heteroatoms. The molecular formula is C9H13NO2. The predicted molar refractivity (Wildman–Crippen MR) is 46.4 cm³/mol. The molecule has 66 valence electrons. The Hall–Kier alpha value is -0.990. The highest BCUT2D eigenvalue weighted by atomic mass is 16.3. The molecule has 0 saturated heterocycles. The smallest absolute Gasteiger partial charge is 0.269 e. The Balaban J connectivity index is 2.64. The zero-order valence-electron chi connectivity index (χ0n) is 7.03. The maximum absolute atomic E-state index is 11.0. The second kappa shape index (κ2) is 4.14. The lowest BCUT2D eigenvalue weighted by Gasteiger charge is -2.25. The Morgan fingerprint density at radius 3 is 2.67 bits per heavy atom. The maximum atomic E-state index is 11.0. The minimum Gasteiger partial charge on any atom is -0.269 e. The fraction of sp³-hybridized carbons (Fsp3) is 0.667. The number of nitrogens with zero attached hydrogens (tertiary/aromatic N) is 1. The van der Waals surface area contributed by atoms with Gasteiger partial charge in [-0.05, 0) is 18.8 Å². The first kappa shape index (κ1) is 9.10. The molecule has 0 heterocycles. The van der Waals surface area contributed by atoms with Gasteiger partial charge in [0.1, 0.15) is 0 Å². The van der Waals surface area contributed by atoms with Gasteiger partial charge in [-0.25, -0.2) is 0 Å². The number of hydrogen-bond acceptors (Lipinski definition) is 2. The molecular weight excluding hydrogens is 154 g/mol. The number of carbonyl (C=O) groups excluding carboxylic acids is 1. The minimum absolute atomic E-state index is 0.170. The summed E-state index contributed by atoms with van der Waals surface area (Å²) in [5, 5.41) is 2.47. The van der Waals surface area contributed by atoms with E-state index in [2.05, 4.69) is 11.8 Å². The van der Waals surface area contributed by atoms with Gasteiger partial charge in [0, 0.05) is 11.1 Å². The molecule has 0 aromatic rings. The van der Waals surface area contributed by atoms with E-state index >= 15 is 0 Å². The third-order valence-corrected chi connectivity index (χ3v) is 2.53. The molecule has 0 aromatic heterocycles. The van der Waals surface area contributed by atoms with Crippen LogP contribution in [0.1, 0.15) is 25.7 Å². The summed E-state index contributed by atoms with van der Waals surface area (Å²) in [6.45, 7) is 3.66. The van der Waals surface area contributed by atoms with Crippen LogP contribution in [0.3, 0.4) is 0 Å². The lowest BCUT2D eigenvalue weighted by Crippen LogP contribution is -2.24. The third kappa shape index (κ3) is 1.78. The molecule has 0 spiro atoms. The number of allylic oxidation sites excluding steroid dienone is 1. The van der Waals surface area contributed by atoms with Gasteiger partial charge in [-0.15, -0.1) is 11.5 Å². The summed E-state index contributed by atoms with van der Waals surface area (Å²) in [6, 6.07) is 0. The Kier molecular flexibility index (Phi) is 3.14. The molecule has 0 aromatic carbocycles. The van der Waals surface area contributed by atoms with E-state index in [1.165, 1.54) is 0 Å². The van der Waals surface area contributed by atoms with Crippen LogP contribution in [0.2, 0.25) is 0 Å². The SMILES string of the molecule is C=CC1CCCC[C@H]1C(=O)N=O. The first-order chi connectivity index (χ1) is 5.79. The van der Waals surface area contributed by atoms with E-state index in [1.807, 2.05) is 0 Å². The summed E-state index contributed by atoms with van der Waals surface area (Å²) in [5.74, 6) is -0.516. The predicted octanol–water partition coefficient (Wildman–Crippen LogP) is 2.27. The Morgan fingerprint density at radius 2 is 2.08 bits per heavy atom. The van der Waals surface area contributed by atoms with Gasteiger partial charge in [-0.2, -0.15) is 0 Å². The van der Waals surface area contributed by atoms with Crippen molar-refractivity contribution in [2.75, 3.05) is 0 Å². The average molecular weight is 167 g/mol. The highest BCUT2D eigenvalue weighted by Crippen LogP contribution is 2.31. The molecule has 0 radical (unpaired) electrons. The molecule has 1 aliphatic carbocycles. The van der Waals surface area contributed by atoms with Crippen LogP contribution < -0.4 is 0 Å². The molecule has 1 unspecified atom stereocenters. The molecule has 12 heavy (non-hydrogen) atoms. The van der Waals surface area contributed by atoms with Gasteiger partial charge in [-0.3, -0.25) is 4.79 Å². The second-order valence-electron chi connectivity index (χ2n) is 3.22. The Morgan fingerprint density at radius 1 is 1.42 bits per heavy atom. The lowest BCUT2D eigenvalue weighted by atomic mass is 9.79. The number of hydrogen-bond donors (Lipinski definition) is 0. The van der Waals surface area contributed by atoms with E-state index in [9.17, 15) is 9.70 Å². The van der Waals surface area contributed by atoms with Gasteiger partial charge in [0.25, 0.3) is 5.91 Å². The van der Waals surface area contributed by atoms with Gasteiger partial charge >= 0.3 is 0 Å². The standard InChI is InChI=1S/C9H13NO2/c1-2-7-5-3-4-6-8(7)9(11)10-12/h2,7-8H,1,3-6H2/t7?,8-/m1/s1. The maximum Gasteiger partial charge on any atom is 0.289 e. The number of carbonyl (C=O) groups is 1. The van der Waals surface area contributed by atoms with Crippen molar-refractivity contribution >= 4 is 5.91 Å². The molecule has 3 nitrogen and oxygen atoms in total. The summed E-state index contributed by atoms with van der Waals surface area (Å²) in [7, 11) is 0. The number of nitroso groups, excluding NO2 is 1. The van der Waals surface area contributed by atoms with E-state index in [0.717, 1.165) is 25.7 Å². The van der Waals surface area contributed by atoms with Crippen LogP contribution in [0.25, 0.3) is 0 Å². The molecule has 1 saturated carbocycles. The second-order valence-corrected chi connectivity index (χ2v) is 3.22. The van der Waals surface area contributed by atoms with Crippen LogP contribution >= 0.6 is 0 Å². The Labute approximate surface area is 71.8 Å². The summed E-state index contributed by atoms with van der Waals surface area (Å²) >= 11 is 0. The van der Waals surface area contributed by atoms with E-state index in [1.54, 1.807) is 6.08 Å². The fourth-order valence-corrected chi connectivity index (χ4v) is 1.82. The first-order valence-corrected chi connectivity index (χ1v) is 4.29. The minimum atomic E-state index is -0.500. The van der Waals surface area contributed by atoms with Gasteiger partial charge in [0.2, 0.25) is 0 Å². The van der Waals surface area contributed by atoms with Crippen LogP contribution in [-0.2, 0) is 4.79 Å². The molecule has 0 aliphatic heterocycles. The van der Waals surface area contributed by atoms with Gasteiger partial charge < -0.3 is 0 Å². The van der Waals surface area contributed by atoms with Crippen molar-refractivity contribution in [1.82, 2.24) is 0 Å². The van der Waals surface area contributed by atoms with Gasteiger partial charge in [0.05, 0.1) is 0 Å². The highest BCUT2D eigenvalue weighted by Gasteiger charge is 2.29. The van der Waals surface area contributed by atoms with E-state index in [-0.39, 0.29) is 11.8 Å². The number of amides is 1. The zero-order chi connectivity index (χ0) is 8.97. The summed E-state index contributed by atoms with van der Waals surface area (Å²) in [5.41, 5.74) is 0. The Bertz CT molecular complexity index is 201.